The van der Waals surface area contributed by atoms with Crippen LogP contribution in [-0.2, 0) is 11.3 Å². The van der Waals surface area contributed by atoms with Gasteiger partial charge in [0.25, 0.3) is 17.8 Å². The summed E-state index contributed by atoms with van der Waals surface area (Å²) < 4.78 is 70.5. The number of benzene rings is 1. The van der Waals surface area contributed by atoms with Gasteiger partial charge in [-0.1, -0.05) is 12.1 Å². The predicted octanol–water partition coefficient (Wildman–Crippen LogP) is 3.45. The molecule has 2 saturated heterocycles. The third kappa shape index (κ3) is 5.27. The SMILES string of the molecule is Cc1ccc(-c2cc(CN3CCC(F)(F)CC3)c3c(N)ncnn23)cc1C(=O)N[C@@H]1CN(C(=O)[C@@H]2CC2(F)F)C[C@@H]1F. The predicted molar refractivity (Wildman–Crippen MR) is 143 cm³/mol. The first-order chi connectivity index (χ1) is 19.8. The molecule has 1 aliphatic carbocycles. The molecule has 0 unspecified atom stereocenters. The molecule has 3 fully saturated rings. The van der Waals surface area contributed by atoms with Gasteiger partial charge in [-0.3, -0.25) is 14.5 Å². The van der Waals surface area contributed by atoms with E-state index in [1.54, 1.807) is 29.6 Å². The number of alkyl halides is 5. The van der Waals surface area contributed by atoms with Crippen LogP contribution in [0.15, 0.2) is 30.6 Å². The molecule has 3 aromatic rings. The fourth-order valence-electron chi connectivity index (χ4n) is 5.80. The second-order valence-corrected chi connectivity index (χ2v) is 11.5. The number of aryl methyl sites for hydroxylation is 1. The molecule has 2 amide bonds. The number of carbonyl (C=O) groups is 2. The smallest absolute Gasteiger partial charge is 0.260 e. The van der Waals surface area contributed by atoms with Gasteiger partial charge >= 0.3 is 0 Å². The van der Waals surface area contributed by atoms with Crippen molar-refractivity contribution in [2.24, 2.45) is 5.92 Å². The maximum absolute atomic E-state index is 14.8. The lowest BCUT2D eigenvalue weighted by Gasteiger charge is -2.31. The number of amides is 2. The van der Waals surface area contributed by atoms with Gasteiger partial charge in [0, 0.05) is 56.6 Å². The second kappa shape index (κ2) is 10.2. The maximum atomic E-state index is 14.8. The molecule has 0 bridgehead atoms. The number of likely N-dealkylation sites (tertiary alicyclic amines) is 2. The van der Waals surface area contributed by atoms with E-state index in [2.05, 4.69) is 15.4 Å². The number of hydrogen-bond acceptors (Lipinski definition) is 6. The molecule has 1 aromatic carbocycles. The number of nitrogens with two attached hydrogens (primary N) is 1. The van der Waals surface area contributed by atoms with Crippen LogP contribution in [0, 0.1) is 12.8 Å². The number of rotatable bonds is 6. The highest BCUT2D eigenvalue weighted by Crippen LogP contribution is 2.49. The van der Waals surface area contributed by atoms with E-state index in [4.69, 9.17) is 5.73 Å². The zero-order valence-electron chi connectivity index (χ0n) is 22.8. The lowest BCUT2D eigenvalue weighted by atomic mass is 10.0. The van der Waals surface area contributed by atoms with Crippen LogP contribution in [0.4, 0.5) is 27.8 Å². The summed E-state index contributed by atoms with van der Waals surface area (Å²) >= 11 is 0. The minimum atomic E-state index is -3.05. The van der Waals surface area contributed by atoms with Gasteiger partial charge in [-0.05, 0) is 30.2 Å². The van der Waals surface area contributed by atoms with E-state index in [1.165, 1.54) is 6.33 Å². The monoisotopic (exact) mass is 591 g/mol. The molecule has 2 aliphatic heterocycles. The van der Waals surface area contributed by atoms with Crippen molar-refractivity contribution in [2.75, 3.05) is 31.9 Å². The highest BCUT2D eigenvalue weighted by atomic mass is 19.3. The van der Waals surface area contributed by atoms with E-state index in [-0.39, 0.29) is 50.4 Å². The fraction of sp³-hybridized carbons (Fsp3) is 0.500. The molecule has 9 nitrogen and oxygen atoms in total. The number of nitrogen functional groups attached to an aromatic ring is 1. The molecule has 3 atom stereocenters. The number of nitrogens with zero attached hydrogens (tertiary/aromatic N) is 5. The van der Waals surface area contributed by atoms with Crippen LogP contribution in [0.3, 0.4) is 0 Å². The van der Waals surface area contributed by atoms with Crippen LogP contribution >= 0.6 is 0 Å². The topological polar surface area (TPSA) is 109 Å². The molecule has 1 saturated carbocycles. The third-order valence-corrected chi connectivity index (χ3v) is 8.42. The Morgan fingerprint density at radius 2 is 1.83 bits per heavy atom. The van der Waals surface area contributed by atoms with Crippen LogP contribution < -0.4 is 11.1 Å². The molecule has 4 heterocycles. The molecule has 0 radical (unpaired) electrons. The third-order valence-electron chi connectivity index (χ3n) is 8.42. The quantitative estimate of drug-likeness (QED) is 0.426. The van der Waals surface area contributed by atoms with Gasteiger partial charge in [0.2, 0.25) is 5.91 Å². The number of halogens is 5. The minimum absolute atomic E-state index is 0.192. The van der Waals surface area contributed by atoms with E-state index < -0.39 is 48.2 Å². The first-order valence-electron chi connectivity index (χ1n) is 13.8. The zero-order valence-corrected chi connectivity index (χ0v) is 22.8. The molecule has 3 aliphatic rings. The highest BCUT2D eigenvalue weighted by molar-refractivity contribution is 5.97. The Morgan fingerprint density at radius 3 is 2.52 bits per heavy atom. The summed E-state index contributed by atoms with van der Waals surface area (Å²) in [5.74, 6) is -8.30. The van der Waals surface area contributed by atoms with Crippen LogP contribution in [0.1, 0.15) is 40.7 Å². The van der Waals surface area contributed by atoms with Crippen molar-refractivity contribution in [1.82, 2.24) is 29.7 Å². The van der Waals surface area contributed by atoms with Gasteiger partial charge in [-0.15, -0.1) is 0 Å². The maximum Gasteiger partial charge on any atom is 0.260 e. The van der Waals surface area contributed by atoms with Crippen LogP contribution in [0.5, 0.6) is 0 Å². The Kier molecular flexibility index (Phi) is 6.86. The number of hydrogen-bond donors (Lipinski definition) is 2. The average molecular weight is 592 g/mol. The van der Waals surface area contributed by atoms with Gasteiger partial charge in [0.05, 0.1) is 18.3 Å². The van der Waals surface area contributed by atoms with Gasteiger partial charge in [0.15, 0.2) is 5.82 Å². The standard InChI is InChI=1S/C28H30F5N7O2/c1-15-2-3-16(8-18(15)25(41)37-21-13-39(12-20(21)29)26(42)19-10-28(19,32)33)22-9-17(23-24(34)35-14-36-40(22)23)11-38-6-4-27(30,31)5-7-38/h2-3,8-9,14,19-21H,4-7,10-13H2,1H3,(H,37,41)(H2,34,35,36)/t19-,20-,21+/m0/s1. The summed E-state index contributed by atoms with van der Waals surface area (Å²) in [6.45, 7) is 1.99. The Morgan fingerprint density at radius 1 is 1.12 bits per heavy atom. The van der Waals surface area contributed by atoms with Crippen LogP contribution in [-0.4, -0.2) is 86.4 Å². The van der Waals surface area contributed by atoms with Gasteiger partial charge in [-0.2, -0.15) is 5.10 Å². The molecule has 2 aromatic heterocycles. The Bertz CT molecular complexity index is 1550. The summed E-state index contributed by atoms with van der Waals surface area (Å²) in [5, 5.41) is 6.97. The van der Waals surface area contributed by atoms with Crippen LogP contribution in [0.25, 0.3) is 16.8 Å². The van der Waals surface area contributed by atoms with Gasteiger partial charge in [-0.25, -0.2) is 31.5 Å². The molecule has 0 spiro atoms. The van der Waals surface area contributed by atoms with E-state index in [0.29, 0.717) is 28.9 Å². The first kappa shape index (κ1) is 28.3. The minimum Gasteiger partial charge on any atom is -0.382 e. The number of carbonyl (C=O) groups excluding carboxylic acids is 2. The van der Waals surface area contributed by atoms with Crippen LogP contribution in [0.2, 0.25) is 0 Å². The summed E-state index contributed by atoms with van der Waals surface area (Å²) in [7, 11) is 0. The summed E-state index contributed by atoms with van der Waals surface area (Å²) in [5.41, 5.74) is 9.54. The van der Waals surface area contributed by atoms with Gasteiger partial charge < -0.3 is 16.0 Å². The Hall–Kier alpha value is -3.81. The summed E-state index contributed by atoms with van der Waals surface area (Å²) in [6, 6.07) is 5.95. The number of piperidine rings is 1. The normalized spacial score (nSPS) is 25.1. The molecule has 3 N–H and O–H groups in total. The van der Waals surface area contributed by atoms with Crippen molar-refractivity contribution in [2.45, 2.75) is 56.8 Å². The molecule has 42 heavy (non-hydrogen) atoms. The van der Waals surface area contributed by atoms with E-state index in [9.17, 15) is 31.5 Å². The van der Waals surface area contributed by atoms with Crippen molar-refractivity contribution >= 4 is 23.1 Å². The highest BCUT2D eigenvalue weighted by Gasteiger charge is 2.63. The first-order valence-corrected chi connectivity index (χ1v) is 13.8. The van der Waals surface area contributed by atoms with Crippen molar-refractivity contribution in [1.29, 1.82) is 0 Å². The van der Waals surface area contributed by atoms with Crippen molar-refractivity contribution < 1.29 is 31.5 Å². The van der Waals surface area contributed by atoms with Crippen molar-refractivity contribution in [3.05, 3.63) is 47.3 Å². The fourth-order valence-corrected chi connectivity index (χ4v) is 5.80. The molecule has 14 heteroatoms. The lowest BCUT2D eigenvalue weighted by molar-refractivity contribution is -0.134. The largest absolute Gasteiger partial charge is 0.382 e. The van der Waals surface area contributed by atoms with E-state index in [1.807, 2.05) is 11.0 Å². The average Bonchev–Trinajstić information content (AvgIpc) is 3.22. The lowest BCUT2D eigenvalue weighted by Crippen LogP contribution is -2.42. The number of fused-ring (bicyclic) bond motifs is 1. The van der Waals surface area contributed by atoms with E-state index >= 15 is 0 Å². The molecular formula is C28H30F5N7O2. The Labute approximate surface area is 237 Å². The number of anilines is 1. The molecule has 224 valence electrons. The summed E-state index contributed by atoms with van der Waals surface area (Å²) in [6.07, 6.45) is -1.30. The molecular weight excluding hydrogens is 561 g/mol. The number of aromatic nitrogens is 3. The van der Waals surface area contributed by atoms with E-state index in [0.717, 1.165) is 10.5 Å². The summed E-state index contributed by atoms with van der Waals surface area (Å²) in [4.78, 5) is 32.7. The Balaban J connectivity index is 1.23. The second-order valence-electron chi connectivity index (χ2n) is 11.5. The zero-order chi connectivity index (χ0) is 30.0. The van der Waals surface area contributed by atoms with Gasteiger partial charge in [0.1, 0.15) is 23.9 Å². The van der Waals surface area contributed by atoms with Crippen molar-refractivity contribution in [3.8, 4) is 11.3 Å². The number of nitrogens with one attached hydrogen (secondary N) is 1. The molecule has 6 rings (SSSR count). The van der Waals surface area contributed by atoms with Crippen molar-refractivity contribution in [3.63, 3.8) is 0 Å².